The van der Waals surface area contributed by atoms with Crippen LogP contribution in [0.3, 0.4) is 0 Å². The van der Waals surface area contributed by atoms with Crippen LogP contribution < -0.4 is 10.6 Å². The van der Waals surface area contributed by atoms with Gasteiger partial charge < -0.3 is 15.6 Å². The summed E-state index contributed by atoms with van der Waals surface area (Å²) in [7, 11) is 0. The Balaban J connectivity index is 1.41. The molecule has 6 heteroatoms. The number of aromatic nitrogens is 2. The summed E-state index contributed by atoms with van der Waals surface area (Å²) in [6.45, 7) is 2.15. The molecule has 0 fully saturated rings. The van der Waals surface area contributed by atoms with E-state index in [0.29, 0.717) is 17.8 Å². The number of imidazole rings is 1. The molecule has 0 unspecified atom stereocenters. The lowest BCUT2D eigenvalue weighted by molar-refractivity contribution is -0.121. The highest BCUT2D eigenvalue weighted by molar-refractivity contribution is 5.95. The first-order valence-electron chi connectivity index (χ1n) is 10.7. The summed E-state index contributed by atoms with van der Waals surface area (Å²) in [5.41, 5.74) is 4.42. The number of H-pyrrole nitrogens is 1. The van der Waals surface area contributed by atoms with Crippen molar-refractivity contribution < 1.29 is 9.59 Å². The van der Waals surface area contributed by atoms with E-state index >= 15 is 0 Å². The van der Waals surface area contributed by atoms with Crippen molar-refractivity contribution in [1.82, 2.24) is 20.6 Å². The van der Waals surface area contributed by atoms with E-state index in [1.165, 1.54) is 0 Å². The van der Waals surface area contributed by atoms with Crippen LogP contribution in [0.1, 0.15) is 39.8 Å². The topological polar surface area (TPSA) is 86.9 Å². The van der Waals surface area contributed by atoms with Gasteiger partial charge in [-0.25, -0.2) is 4.98 Å². The second kappa shape index (κ2) is 9.92. The number of aromatic amines is 1. The Bertz CT molecular complexity index is 1180. The van der Waals surface area contributed by atoms with Gasteiger partial charge in [-0.05, 0) is 42.7 Å². The third-order valence-corrected chi connectivity index (χ3v) is 5.38. The fourth-order valence-electron chi connectivity index (χ4n) is 3.68. The lowest BCUT2D eigenvalue weighted by atomic mass is 10.1. The van der Waals surface area contributed by atoms with E-state index in [4.69, 9.17) is 0 Å². The van der Waals surface area contributed by atoms with Crippen molar-refractivity contribution in [2.24, 2.45) is 0 Å². The molecule has 162 valence electrons. The largest absolute Gasteiger partial charge is 0.352 e. The van der Waals surface area contributed by atoms with E-state index in [0.717, 1.165) is 22.2 Å². The summed E-state index contributed by atoms with van der Waals surface area (Å²) in [5.74, 6) is 0.401. The number of carbonyl (C=O) groups excluding carboxylic acids is 2. The minimum absolute atomic E-state index is 0.142. The lowest BCUT2D eigenvalue weighted by Crippen LogP contribution is -2.34. The van der Waals surface area contributed by atoms with Crippen LogP contribution in [0.15, 0.2) is 78.9 Å². The van der Waals surface area contributed by atoms with Gasteiger partial charge in [0.05, 0.1) is 17.1 Å². The van der Waals surface area contributed by atoms with Gasteiger partial charge in [0, 0.05) is 18.5 Å². The number of rotatable bonds is 8. The molecule has 0 aliphatic heterocycles. The normalized spacial score (nSPS) is 11.8. The molecule has 0 saturated carbocycles. The van der Waals surface area contributed by atoms with Gasteiger partial charge in [-0.2, -0.15) is 0 Å². The first kappa shape index (κ1) is 21.3. The average molecular weight is 427 g/mol. The first-order chi connectivity index (χ1) is 15.6. The van der Waals surface area contributed by atoms with Gasteiger partial charge in [0.25, 0.3) is 5.91 Å². The van der Waals surface area contributed by atoms with Crippen molar-refractivity contribution in [3.8, 4) is 0 Å². The molecular weight excluding hydrogens is 400 g/mol. The van der Waals surface area contributed by atoms with Gasteiger partial charge in [0.1, 0.15) is 5.82 Å². The quantitative estimate of drug-likeness (QED) is 0.397. The average Bonchev–Trinajstić information content (AvgIpc) is 3.24. The van der Waals surface area contributed by atoms with E-state index in [-0.39, 0.29) is 30.8 Å². The van der Waals surface area contributed by atoms with E-state index in [1.807, 2.05) is 79.7 Å². The number of carbonyl (C=O) groups is 2. The summed E-state index contributed by atoms with van der Waals surface area (Å²) in [6.07, 6.45) is 0.797. The molecule has 1 atom stereocenters. The number of nitrogens with zero attached hydrogens (tertiary/aromatic N) is 1. The van der Waals surface area contributed by atoms with Gasteiger partial charge in [0.2, 0.25) is 5.91 Å². The SMILES string of the molecule is Cc1ccccc1C(=O)NCCC(=O)N[C@@H](Cc1ccccc1)c1nc2ccccc2[nH]1. The predicted molar refractivity (Wildman–Crippen MR) is 125 cm³/mol. The summed E-state index contributed by atoms with van der Waals surface area (Å²) in [5, 5.41) is 5.92. The van der Waals surface area contributed by atoms with Crippen LogP contribution in [-0.2, 0) is 11.2 Å². The number of para-hydroxylation sites is 2. The molecule has 0 spiro atoms. The highest BCUT2D eigenvalue weighted by atomic mass is 16.2. The highest BCUT2D eigenvalue weighted by Gasteiger charge is 2.19. The number of nitrogens with one attached hydrogen (secondary N) is 3. The molecule has 1 heterocycles. The van der Waals surface area contributed by atoms with Crippen LogP contribution in [0, 0.1) is 6.92 Å². The molecule has 0 saturated heterocycles. The third-order valence-electron chi connectivity index (χ3n) is 5.38. The molecule has 4 rings (SSSR count). The first-order valence-corrected chi connectivity index (χ1v) is 10.7. The fourth-order valence-corrected chi connectivity index (χ4v) is 3.68. The Morgan fingerprint density at radius 2 is 1.66 bits per heavy atom. The number of hydrogen-bond acceptors (Lipinski definition) is 3. The van der Waals surface area contributed by atoms with Crippen LogP contribution in [0.2, 0.25) is 0 Å². The molecule has 2 amide bonds. The van der Waals surface area contributed by atoms with Crippen molar-refractivity contribution in [3.63, 3.8) is 0 Å². The maximum atomic E-state index is 12.7. The number of aryl methyl sites for hydroxylation is 1. The molecule has 1 aromatic heterocycles. The second-order valence-corrected chi connectivity index (χ2v) is 7.77. The minimum Gasteiger partial charge on any atom is -0.352 e. The van der Waals surface area contributed by atoms with Crippen LogP contribution >= 0.6 is 0 Å². The van der Waals surface area contributed by atoms with Gasteiger partial charge in [-0.1, -0.05) is 60.7 Å². The fraction of sp³-hybridized carbons (Fsp3) is 0.192. The summed E-state index contributed by atoms with van der Waals surface area (Å²) in [4.78, 5) is 33.1. The van der Waals surface area contributed by atoms with E-state index in [9.17, 15) is 9.59 Å². The second-order valence-electron chi connectivity index (χ2n) is 7.77. The molecule has 0 radical (unpaired) electrons. The smallest absolute Gasteiger partial charge is 0.251 e. The number of fused-ring (bicyclic) bond motifs is 1. The summed E-state index contributed by atoms with van der Waals surface area (Å²) >= 11 is 0. The van der Waals surface area contributed by atoms with Gasteiger partial charge in [-0.15, -0.1) is 0 Å². The Hall–Kier alpha value is -3.93. The zero-order valence-corrected chi connectivity index (χ0v) is 18.0. The number of hydrogen-bond donors (Lipinski definition) is 3. The van der Waals surface area contributed by atoms with Crippen LogP contribution in [0.4, 0.5) is 0 Å². The molecule has 4 aromatic rings. The van der Waals surface area contributed by atoms with Crippen molar-refractivity contribution in [2.75, 3.05) is 6.54 Å². The zero-order valence-electron chi connectivity index (χ0n) is 18.0. The molecule has 3 aromatic carbocycles. The Labute approximate surface area is 187 Å². The molecule has 0 bridgehead atoms. The zero-order chi connectivity index (χ0) is 22.3. The number of amides is 2. The van der Waals surface area contributed by atoms with Crippen molar-refractivity contribution in [1.29, 1.82) is 0 Å². The lowest BCUT2D eigenvalue weighted by Gasteiger charge is -2.17. The molecule has 0 aliphatic rings. The van der Waals surface area contributed by atoms with Crippen LogP contribution in [0.25, 0.3) is 11.0 Å². The van der Waals surface area contributed by atoms with E-state index < -0.39 is 0 Å². The summed E-state index contributed by atoms with van der Waals surface area (Å²) in [6, 6.07) is 24.9. The minimum atomic E-state index is -0.302. The molecule has 3 N–H and O–H groups in total. The van der Waals surface area contributed by atoms with Crippen molar-refractivity contribution >= 4 is 22.8 Å². The molecular formula is C26H26N4O2. The van der Waals surface area contributed by atoms with Crippen LogP contribution in [0.5, 0.6) is 0 Å². The maximum absolute atomic E-state index is 12.7. The van der Waals surface area contributed by atoms with Crippen molar-refractivity contribution in [2.45, 2.75) is 25.8 Å². The van der Waals surface area contributed by atoms with Crippen molar-refractivity contribution in [3.05, 3.63) is 101 Å². The maximum Gasteiger partial charge on any atom is 0.251 e. The van der Waals surface area contributed by atoms with Crippen LogP contribution in [-0.4, -0.2) is 28.3 Å². The highest BCUT2D eigenvalue weighted by Crippen LogP contribution is 2.20. The van der Waals surface area contributed by atoms with Gasteiger partial charge in [-0.3, -0.25) is 9.59 Å². The molecule has 0 aliphatic carbocycles. The third kappa shape index (κ3) is 5.21. The van der Waals surface area contributed by atoms with Gasteiger partial charge >= 0.3 is 0 Å². The van der Waals surface area contributed by atoms with Gasteiger partial charge in [0.15, 0.2) is 0 Å². The number of benzene rings is 3. The molecule has 6 nitrogen and oxygen atoms in total. The Kier molecular flexibility index (Phi) is 6.60. The predicted octanol–water partition coefficient (Wildman–Crippen LogP) is 4.09. The summed E-state index contributed by atoms with van der Waals surface area (Å²) < 4.78 is 0. The Morgan fingerprint density at radius 1 is 0.938 bits per heavy atom. The van der Waals surface area contributed by atoms with E-state index in [1.54, 1.807) is 6.07 Å². The monoisotopic (exact) mass is 426 g/mol. The Morgan fingerprint density at radius 3 is 2.44 bits per heavy atom. The molecule has 32 heavy (non-hydrogen) atoms. The van der Waals surface area contributed by atoms with E-state index in [2.05, 4.69) is 20.6 Å². The standard InChI is InChI=1S/C26H26N4O2/c1-18-9-5-6-12-20(18)26(32)27-16-15-24(31)28-23(17-19-10-3-2-4-11-19)25-29-21-13-7-8-14-22(21)30-25/h2-14,23H,15-17H2,1H3,(H,27,32)(H,28,31)(H,29,30)/t23-/m0/s1.